The van der Waals surface area contributed by atoms with Gasteiger partial charge in [-0.15, -0.1) is 0 Å². The van der Waals surface area contributed by atoms with Gasteiger partial charge in [0.15, 0.2) is 0 Å². The van der Waals surface area contributed by atoms with Crippen LogP contribution in [0.1, 0.15) is 39.5 Å². The first-order valence-electron chi connectivity index (χ1n) is 4.67. The van der Waals surface area contributed by atoms with E-state index in [1.165, 1.54) is 25.7 Å². The van der Waals surface area contributed by atoms with Gasteiger partial charge in [0.2, 0.25) is 0 Å². The molecule has 0 aliphatic carbocycles. The molecule has 0 aliphatic rings. The number of nitrogens with one attached hydrogen (secondary N) is 1. The molecule has 67 valence electrons. The minimum Gasteiger partial charge on any atom is -0.301 e. The van der Waals surface area contributed by atoms with Crippen molar-refractivity contribution >= 4 is 0 Å². The Morgan fingerprint density at radius 1 is 1.27 bits per heavy atom. The zero-order valence-corrected chi connectivity index (χ0v) is 8.06. The van der Waals surface area contributed by atoms with Crippen LogP contribution >= 0.6 is 0 Å². The minimum absolute atomic E-state index is 0.395. The van der Waals surface area contributed by atoms with Gasteiger partial charge in [-0.1, -0.05) is 26.7 Å². The molecule has 0 amide bonds. The molecule has 1 atom stereocenters. The molecule has 0 fully saturated rings. The molecule has 0 rings (SSSR count). The molecule has 0 aromatic heterocycles. The molecular weight excluding hydrogens is 136 g/mol. The molecule has 0 saturated heterocycles. The Labute approximate surface area is 70.8 Å². The fraction of sp³-hybridized carbons (Fsp3) is 1.00. The first-order chi connectivity index (χ1) is 5.35. The van der Waals surface area contributed by atoms with Crippen molar-refractivity contribution in [2.75, 3.05) is 13.6 Å². The molecule has 0 aromatic carbocycles. The molecule has 0 aromatic rings. The predicted molar refractivity (Wildman–Crippen MR) is 49.7 cm³/mol. The number of unbranched alkanes of at least 4 members (excludes halogenated alkanes) is 1. The van der Waals surface area contributed by atoms with E-state index >= 15 is 0 Å². The summed E-state index contributed by atoms with van der Waals surface area (Å²) in [6.07, 6.45) is 5.29. The van der Waals surface area contributed by atoms with Crippen molar-refractivity contribution in [2.45, 2.75) is 45.7 Å². The predicted octanol–water partition coefficient (Wildman–Crippen LogP) is 1.74. The van der Waals surface area contributed by atoms with E-state index in [0.29, 0.717) is 6.17 Å². The van der Waals surface area contributed by atoms with Gasteiger partial charge in [-0.25, -0.2) is 5.32 Å². The van der Waals surface area contributed by atoms with Crippen molar-refractivity contribution < 1.29 is 0 Å². The van der Waals surface area contributed by atoms with E-state index < -0.39 is 0 Å². The van der Waals surface area contributed by atoms with Crippen molar-refractivity contribution in [3.8, 4) is 0 Å². The van der Waals surface area contributed by atoms with Gasteiger partial charge in [0, 0.05) is 7.05 Å². The maximum Gasteiger partial charge on any atom is 0.0732 e. The van der Waals surface area contributed by atoms with Crippen molar-refractivity contribution in [3.05, 3.63) is 0 Å². The minimum atomic E-state index is 0.395. The van der Waals surface area contributed by atoms with Crippen LogP contribution < -0.4 is 10.6 Å². The molecular formula is C9H21N2. The van der Waals surface area contributed by atoms with E-state index in [1.54, 1.807) is 0 Å². The van der Waals surface area contributed by atoms with Gasteiger partial charge < -0.3 is 5.32 Å². The number of hydrogen-bond donors (Lipinski definition) is 1. The van der Waals surface area contributed by atoms with Crippen LogP contribution in [0.3, 0.4) is 0 Å². The van der Waals surface area contributed by atoms with Gasteiger partial charge in [0.1, 0.15) is 0 Å². The van der Waals surface area contributed by atoms with Crippen molar-refractivity contribution in [3.63, 3.8) is 0 Å². The molecule has 2 nitrogen and oxygen atoms in total. The van der Waals surface area contributed by atoms with Crippen LogP contribution in [0.15, 0.2) is 0 Å². The summed E-state index contributed by atoms with van der Waals surface area (Å²) in [6, 6.07) is 0. The fourth-order valence-corrected chi connectivity index (χ4v) is 1.04. The number of hydrogen-bond acceptors (Lipinski definition) is 1. The van der Waals surface area contributed by atoms with Crippen LogP contribution in [-0.2, 0) is 0 Å². The maximum atomic E-state index is 4.24. The van der Waals surface area contributed by atoms with Gasteiger partial charge in [-0.05, 0) is 19.4 Å². The summed E-state index contributed by atoms with van der Waals surface area (Å²) in [4.78, 5) is 0. The third-order valence-corrected chi connectivity index (χ3v) is 1.78. The van der Waals surface area contributed by atoms with Crippen LogP contribution in [0.25, 0.3) is 0 Å². The molecule has 1 unspecified atom stereocenters. The van der Waals surface area contributed by atoms with Gasteiger partial charge in [0.05, 0.1) is 6.17 Å². The topological polar surface area (TPSA) is 26.1 Å². The summed E-state index contributed by atoms with van der Waals surface area (Å²) in [7, 11) is 1.89. The summed E-state index contributed by atoms with van der Waals surface area (Å²) >= 11 is 0. The van der Waals surface area contributed by atoms with Crippen molar-refractivity contribution in [2.24, 2.45) is 0 Å². The van der Waals surface area contributed by atoms with E-state index in [-0.39, 0.29) is 0 Å². The Morgan fingerprint density at radius 2 is 2.00 bits per heavy atom. The molecule has 0 heterocycles. The second-order valence-electron chi connectivity index (χ2n) is 2.87. The van der Waals surface area contributed by atoms with Gasteiger partial charge in [0.25, 0.3) is 0 Å². The quantitative estimate of drug-likeness (QED) is 0.560. The molecule has 0 spiro atoms. The average Bonchev–Trinajstić information content (AvgIpc) is 2.03. The van der Waals surface area contributed by atoms with E-state index in [4.69, 9.17) is 0 Å². The lowest BCUT2D eigenvalue weighted by Gasteiger charge is -2.14. The first-order valence-corrected chi connectivity index (χ1v) is 4.67. The van der Waals surface area contributed by atoms with Crippen molar-refractivity contribution in [1.29, 1.82) is 0 Å². The second kappa shape index (κ2) is 8.02. The SMILES string of the molecule is CCCCNC(CCC)[N]C. The van der Waals surface area contributed by atoms with Crippen LogP contribution in [0.5, 0.6) is 0 Å². The van der Waals surface area contributed by atoms with E-state index in [1.807, 2.05) is 7.05 Å². The Hall–Kier alpha value is -0.0800. The summed E-state index contributed by atoms with van der Waals surface area (Å²) in [5.74, 6) is 0. The molecule has 0 bridgehead atoms. The fourth-order valence-electron chi connectivity index (χ4n) is 1.04. The monoisotopic (exact) mass is 157 g/mol. The van der Waals surface area contributed by atoms with Gasteiger partial charge >= 0.3 is 0 Å². The van der Waals surface area contributed by atoms with Crippen LogP contribution in [0.4, 0.5) is 0 Å². The lowest BCUT2D eigenvalue weighted by atomic mass is 10.2. The van der Waals surface area contributed by atoms with Crippen molar-refractivity contribution in [1.82, 2.24) is 10.6 Å². The normalized spacial score (nSPS) is 13.4. The van der Waals surface area contributed by atoms with Crippen LogP contribution in [-0.4, -0.2) is 19.8 Å². The standard InChI is InChI=1S/C9H21N2/c1-4-6-8-11-9(10-3)7-5-2/h9,11H,4-8H2,1-3H3. The lowest BCUT2D eigenvalue weighted by molar-refractivity contribution is 0.414. The molecule has 0 saturated carbocycles. The molecule has 0 aliphatic heterocycles. The highest BCUT2D eigenvalue weighted by molar-refractivity contribution is 4.59. The third kappa shape index (κ3) is 6.32. The van der Waals surface area contributed by atoms with Gasteiger partial charge in [-0.3, -0.25) is 0 Å². The Bertz CT molecular complexity index is 74.0. The van der Waals surface area contributed by atoms with Crippen LogP contribution in [0, 0.1) is 0 Å². The highest BCUT2D eigenvalue weighted by Gasteiger charge is 2.02. The maximum absolute atomic E-state index is 4.24. The zero-order valence-electron chi connectivity index (χ0n) is 8.06. The lowest BCUT2D eigenvalue weighted by Crippen LogP contribution is -2.36. The summed E-state index contributed by atoms with van der Waals surface area (Å²) in [5.41, 5.74) is 0. The summed E-state index contributed by atoms with van der Waals surface area (Å²) in [6.45, 7) is 5.51. The van der Waals surface area contributed by atoms with E-state index in [9.17, 15) is 0 Å². The number of nitrogens with zero attached hydrogens (tertiary/aromatic N) is 1. The Balaban J connectivity index is 3.20. The largest absolute Gasteiger partial charge is 0.301 e. The van der Waals surface area contributed by atoms with E-state index in [0.717, 1.165) is 6.54 Å². The second-order valence-corrected chi connectivity index (χ2v) is 2.87. The number of rotatable bonds is 7. The third-order valence-electron chi connectivity index (χ3n) is 1.78. The molecule has 1 radical (unpaired) electrons. The highest BCUT2D eigenvalue weighted by Crippen LogP contribution is 1.93. The Kier molecular flexibility index (Phi) is 7.96. The van der Waals surface area contributed by atoms with Crippen LogP contribution in [0.2, 0.25) is 0 Å². The Morgan fingerprint density at radius 3 is 2.45 bits per heavy atom. The van der Waals surface area contributed by atoms with Gasteiger partial charge in [-0.2, -0.15) is 0 Å². The summed E-state index contributed by atoms with van der Waals surface area (Å²) in [5, 5.41) is 7.64. The first kappa shape index (κ1) is 10.9. The molecule has 1 N–H and O–H groups in total. The average molecular weight is 157 g/mol. The smallest absolute Gasteiger partial charge is 0.0732 e. The zero-order chi connectivity index (χ0) is 8.53. The highest BCUT2D eigenvalue weighted by atomic mass is 15.1. The molecule has 11 heavy (non-hydrogen) atoms. The summed E-state index contributed by atoms with van der Waals surface area (Å²) < 4.78 is 0. The molecule has 2 heteroatoms. The van der Waals surface area contributed by atoms with E-state index in [2.05, 4.69) is 24.5 Å².